The Morgan fingerprint density at radius 3 is 2.75 bits per heavy atom. The third-order valence-corrected chi connectivity index (χ3v) is 3.60. The second-order valence-electron chi connectivity index (χ2n) is 2.68. The maximum Gasteiger partial charge on any atom is 0.106 e. The van der Waals surface area contributed by atoms with Crippen molar-refractivity contribution in [3.05, 3.63) is 15.6 Å². The van der Waals surface area contributed by atoms with Crippen molar-refractivity contribution in [2.45, 2.75) is 25.5 Å². The number of thiol groups is 1. The van der Waals surface area contributed by atoms with Gasteiger partial charge in [-0.3, -0.25) is 0 Å². The van der Waals surface area contributed by atoms with Crippen LogP contribution in [0, 0.1) is 6.92 Å². The maximum absolute atomic E-state index is 5.66. The van der Waals surface area contributed by atoms with Crippen LogP contribution in [0.2, 0.25) is 0 Å². The smallest absolute Gasteiger partial charge is 0.106 e. The molecule has 68 valence electrons. The predicted octanol–water partition coefficient (Wildman–Crippen LogP) is 3.22. The molecule has 0 saturated heterocycles. The van der Waals surface area contributed by atoms with Crippen LogP contribution >= 0.6 is 35.6 Å². The Morgan fingerprint density at radius 1 is 1.67 bits per heavy atom. The molecule has 1 aromatic heterocycles. The molecule has 12 heavy (non-hydrogen) atoms. The van der Waals surface area contributed by atoms with Crippen LogP contribution in [-0.4, -0.2) is 10.9 Å². The van der Waals surface area contributed by atoms with Crippen molar-refractivity contribution in [1.29, 1.82) is 0 Å². The SMILES string of the molecule is Cc1nc(C(C)S)sc1CCCl. The van der Waals surface area contributed by atoms with E-state index >= 15 is 0 Å². The topological polar surface area (TPSA) is 12.9 Å². The fourth-order valence-corrected chi connectivity index (χ4v) is 2.47. The predicted molar refractivity (Wildman–Crippen MR) is 58.7 cm³/mol. The Hall–Kier alpha value is 0.270. The minimum absolute atomic E-state index is 0.234. The van der Waals surface area contributed by atoms with Crippen molar-refractivity contribution in [3.63, 3.8) is 0 Å². The molecule has 0 aromatic carbocycles. The summed E-state index contributed by atoms with van der Waals surface area (Å²) in [6.45, 7) is 4.06. The average molecular weight is 222 g/mol. The summed E-state index contributed by atoms with van der Waals surface area (Å²) >= 11 is 11.7. The minimum atomic E-state index is 0.234. The Morgan fingerprint density at radius 2 is 2.33 bits per heavy atom. The number of rotatable bonds is 3. The van der Waals surface area contributed by atoms with E-state index in [9.17, 15) is 0 Å². The van der Waals surface area contributed by atoms with E-state index in [1.165, 1.54) is 4.88 Å². The summed E-state index contributed by atoms with van der Waals surface area (Å²) in [5.74, 6) is 0.670. The van der Waals surface area contributed by atoms with Gasteiger partial charge in [0.05, 0.1) is 10.9 Å². The molecule has 1 rings (SSSR count). The van der Waals surface area contributed by atoms with Crippen molar-refractivity contribution in [2.24, 2.45) is 0 Å². The lowest BCUT2D eigenvalue weighted by atomic mass is 10.3. The molecule has 1 atom stereocenters. The highest BCUT2D eigenvalue weighted by Gasteiger charge is 2.09. The van der Waals surface area contributed by atoms with Crippen LogP contribution in [0.5, 0.6) is 0 Å². The largest absolute Gasteiger partial charge is 0.245 e. The Balaban J connectivity index is 2.85. The third-order valence-electron chi connectivity index (χ3n) is 1.59. The van der Waals surface area contributed by atoms with Crippen LogP contribution in [-0.2, 0) is 6.42 Å². The fraction of sp³-hybridized carbons (Fsp3) is 0.625. The first kappa shape index (κ1) is 10.4. The van der Waals surface area contributed by atoms with Crippen molar-refractivity contribution in [1.82, 2.24) is 4.98 Å². The van der Waals surface area contributed by atoms with E-state index < -0.39 is 0 Å². The molecule has 0 radical (unpaired) electrons. The number of aromatic nitrogens is 1. The summed E-state index contributed by atoms with van der Waals surface area (Å²) in [6.07, 6.45) is 0.922. The summed E-state index contributed by atoms with van der Waals surface area (Å²) in [7, 11) is 0. The van der Waals surface area contributed by atoms with Gasteiger partial charge in [0, 0.05) is 10.8 Å². The lowest BCUT2D eigenvalue weighted by molar-refractivity contribution is 1.03. The highest BCUT2D eigenvalue weighted by Crippen LogP contribution is 2.27. The molecule has 0 N–H and O–H groups in total. The number of halogens is 1. The summed E-state index contributed by atoms with van der Waals surface area (Å²) < 4.78 is 0. The van der Waals surface area contributed by atoms with Gasteiger partial charge in [0.15, 0.2) is 0 Å². The normalized spacial score (nSPS) is 13.3. The number of alkyl halides is 1. The Kier molecular flexibility index (Phi) is 3.87. The third kappa shape index (κ3) is 2.38. The van der Waals surface area contributed by atoms with Gasteiger partial charge < -0.3 is 0 Å². The van der Waals surface area contributed by atoms with E-state index in [1.54, 1.807) is 11.3 Å². The number of hydrogen-bond donors (Lipinski definition) is 1. The zero-order valence-corrected chi connectivity index (χ0v) is 9.64. The summed E-state index contributed by atoms with van der Waals surface area (Å²) in [4.78, 5) is 5.70. The number of hydrogen-bond acceptors (Lipinski definition) is 3. The van der Waals surface area contributed by atoms with Gasteiger partial charge in [-0.05, 0) is 20.3 Å². The quantitative estimate of drug-likeness (QED) is 0.611. The summed E-state index contributed by atoms with van der Waals surface area (Å²) in [6, 6.07) is 0. The first-order valence-electron chi connectivity index (χ1n) is 3.85. The molecule has 4 heteroatoms. The van der Waals surface area contributed by atoms with Gasteiger partial charge in [-0.25, -0.2) is 4.98 Å². The van der Waals surface area contributed by atoms with Crippen molar-refractivity contribution < 1.29 is 0 Å². The molecule has 0 amide bonds. The minimum Gasteiger partial charge on any atom is -0.245 e. The van der Waals surface area contributed by atoms with Gasteiger partial charge in [-0.2, -0.15) is 12.6 Å². The monoisotopic (exact) mass is 221 g/mol. The molecule has 0 fully saturated rings. The molecule has 0 bridgehead atoms. The lowest BCUT2D eigenvalue weighted by Gasteiger charge is -1.94. The first-order valence-corrected chi connectivity index (χ1v) is 5.72. The Bertz CT molecular complexity index is 258. The zero-order chi connectivity index (χ0) is 9.14. The highest BCUT2D eigenvalue weighted by atomic mass is 35.5. The van der Waals surface area contributed by atoms with Crippen molar-refractivity contribution in [2.75, 3.05) is 5.88 Å². The second kappa shape index (κ2) is 4.49. The van der Waals surface area contributed by atoms with Gasteiger partial charge in [-0.1, -0.05) is 0 Å². The molecule has 1 heterocycles. The molecule has 0 spiro atoms. The molecule has 1 unspecified atom stereocenters. The van der Waals surface area contributed by atoms with E-state index in [-0.39, 0.29) is 5.25 Å². The van der Waals surface area contributed by atoms with Crippen LogP contribution in [0.15, 0.2) is 0 Å². The standard InChI is InChI=1S/C8H12ClNS2/c1-5-7(3-4-9)12-8(10-5)6(2)11/h6,11H,3-4H2,1-2H3. The highest BCUT2D eigenvalue weighted by molar-refractivity contribution is 7.80. The molecule has 1 aromatic rings. The molecule has 0 saturated carbocycles. The Labute approximate surface area is 87.6 Å². The van der Waals surface area contributed by atoms with E-state index in [0.717, 1.165) is 17.1 Å². The van der Waals surface area contributed by atoms with Crippen LogP contribution in [0.4, 0.5) is 0 Å². The van der Waals surface area contributed by atoms with E-state index in [1.807, 2.05) is 13.8 Å². The molecule has 0 aliphatic rings. The van der Waals surface area contributed by atoms with Crippen LogP contribution in [0.1, 0.15) is 27.8 Å². The average Bonchev–Trinajstić information content (AvgIpc) is 2.34. The maximum atomic E-state index is 5.66. The lowest BCUT2D eigenvalue weighted by Crippen LogP contribution is -1.84. The van der Waals surface area contributed by atoms with Crippen molar-refractivity contribution in [3.8, 4) is 0 Å². The van der Waals surface area contributed by atoms with E-state index in [2.05, 4.69) is 17.6 Å². The second-order valence-corrected chi connectivity index (χ2v) is 4.94. The molecular weight excluding hydrogens is 210 g/mol. The number of thiazole rings is 1. The van der Waals surface area contributed by atoms with Gasteiger partial charge in [0.25, 0.3) is 0 Å². The zero-order valence-electron chi connectivity index (χ0n) is 7.17. The van der Waals surface area contributed by atoms with E-state index in [4.69, 9.17) is 11.6 Å². The van der Waals surface area contributed by atoms with Crippen LogP contribution < -0.4 is 0 Å². The van der Waals surface area contributed by atoms with Gasteiger partial charge in [0.1, 0.15) is 5.01 Å². The van der Waals surface area contributed by atoms with Gasteiger partial charge in [-0.15, -0.1) is 22.9 Å². The molecular formula is C8H12ClNS2. The van der Waals surface area contributed by atoms with Gasteiger partial charge in [0.2, 0.25) is 0 Å². The summed E-state index contributed by atoms with van der Waals surface area (Å²) in [5, 5.41) is 1.33. The summed E-state index contributed by atoms with van der Waals surface area (Å²) in [5.41, 5.74) is 1.11. The van der Waals surface area contributed by atoms with Crippen LogP contribution in [0.25, 0.3) is 0 Å². The van der Waals surface area contributed by atoms with Crippen LogP contribution in [0.3, 0.4) is 0 Å². The molecule has 0 aliphatic heterocycles. The van der Waals surface area contributed by atoms with Crippen molar-refractivity contribution >= 4 is 35.6 Å². The first-order chi connectivity index (χ1) is 5.65. The fourth-order valence-electron chi connectivity index (χ4n) is 0.947. The number of nitrogens with zero attached hydrogens (tertiary/aromatic N) is 1. The number of aryl methyl sites for hydroxylation is 2. The molecule has 1 nitrogen and oxygen atoms in total. The molecule has 0 aliphatic carbocycles. The van der Waals surface area contributed by atoms with Gasteiger partial charge >= 0.3 is 0 Å². The van der Waals surface area contributed by atoms with E-state index in [0.29, 0.717) is 5.88 Å².